The van der Waals surface area contributed by atoms with Crippen molar-refractivity contribution < 1.29 is 19.1 Å². The van der Waals surface area contributed by atoms with Gasteiger partial charge in [-0.2, -0.15) is 0 Å². The second kappa shape index (κ2) is 8.89. The number of esters is 1. The number of thiophene rings is 1. The topological polar surface area (TPSA) is 64.6 Å². The second-order valence-electron chi connectivity index (χ2n) is 6.54. The number of carbonyl (C=O) groups excluding carboxylic acids is 2. The van der Waals surface area contributed by atoms with Crippen molar-refractivity contribution in [2.24, 2.45) is 5.92 Å². The van der Waals surface area contributed by atoms with Crippen molar-refractivity contribution in [1.82, 2.24) is 0 Å². The van der Waals surface area contributed by atoms with E-state index in [0.717, 1.165) is 29.3 Å². The van der Waals surface area contributed by atoms with Gasteiger partial charge in [-0.25, -0.2) is 4.79 Å². The number of nitrogens with one attached hydrogen (secondary N) is 1. The Labute approximate surface area is 171 Å². The van der Waals surface area contributed by atoms with Gasteiger partial charge in [-0.1, -0.05) is 19.1 Å². The van der Waals surface area contributed by atoms with Crippen molar-refractivity contribution in [2.45, 2.75) is 33.1 Å². The van der Waals surface area contributed by atoms with Crippen molar-refractivity contribution in [3.8, 4) is 5.75 Å². The van der Waals surface area contributed by atoms with E-state index >= 15 is 0 Å². The highest BCUT2D eigenvalue weighted by Crippen LogP contribution is 2.40. The lowest BCUT2D eigenvalue weighted by Gasteiger charge is -2.18. The summed E-state index contributed by atoms with van der Waals surface area (Å²) in [6.07, 6.45) is 2.80. The van der Waals surface area contributed by atoms with Gasteiger partial charge in [0.25, 0.3) is 5.91 Å². The highest BCUT2D eigenvalue weighted by molar-refractivity contribution is 9.10. The lowest BCUT2D eigenvalue weighted by atomic mass is 9.88. The number of benzene rings is 1. The fraction of sp³-hybridized carbons (Fsp3) is 0.400. The molecule has 1 atom stereocenters. The molecular formula is C20H22BrNO4S. The standard InChI is InChI=1S/C20H22BrNO4S/c1-3-25-20(24)18-13-9-8-12(2)10-16(13)27-19(18)22-17(23)11-26-15-7-5-4-6-14(15)21/h4-7,12H,3,8-11H2,1-2H3,(H,22,23)/t12-/m0/s1. The minimum atomic E-state index is -0.369. The van der Waals surface area contributed by atoms with Crippen LogP contribution in [0.25, 0.3) is 0 Å². The van der Waals surface area contributed by atoms with E-state index in [1.807, 2.05) is 18.2 Å². The zero-order valence-corrected chi connectivity index (χ0v) is 17.7. The minimum absolute atomic E-state index is 0.135. The zero-order chi connectivity index (χ0) is 19.4. The molecule has 7 heteroatoms. The Hall–Kier alpha value is -1.86. The van der Waals surface area contributed by atoms with Crippen LogP contribution in [0.5, 0.6) is 5.75 Å². The average molecular weight is 452 g/mol. The van der Waals surface area contributed by atoms with Crippen molar-refractivity contribution in [1.29, 1.82) is 0 Å². The molecule has 0 saturated carbocycles. The van der Waals surface area contributed by atoms with E-state index in [-0.39, 0.29) is 18.5 Å². The quantitative estimate of drug-likeness (QED) is 0.638. The Balaban J connectivity index is 1.76. The summed E-state index contributed by atoms with van der Waals surface area (Å²) in [5, 5.41) is 3.41. The number of halogens is 1. The summed E-state index contributed by atoms with van der Waals surface area (Å²) >= 11 is 4.86. The van der Waals surface area contributed by atoms with Gasteiger partial charge >= 0.3 is 5.97 Å². The van der Waals surface area contributed by atoms with Crippen LogP contribution in [-0.4, -0.2) is 25.1 Å². The summed E-state index contributed by atoms with van der Waals surface area (Å²) in [6.45, 7) is 4.15. The molecule has 3 rings (SSSR count). The molecule has 0 radical (unpaired) electrons. The lowest BCUT2D eigenvalue weighted by Crippen LogP contribution is -2.21. The van der Waals surface area contributed by atoms with Gasteiger partial charge in [-0.15, -0.1) is 11.3 Å². The van der Waals surface area contributed by atoms with Crippen LogP contribution in [-0.2, 0) is 22.4 Å². The van der Waals surface area contributed by atoms with Gasteiger partial charge in [-0.3, -0.25) is 4.79 Å². The third kappa shape index (κ3) is 4.71. The normalized spacial score (nSPS) is 15.7. The number of amides is 1. The summed E-state index contributed by atoms with van der Waals surface area (Å²) in [7, 11) is 0. The van der Waals surface area contributed by atoms with Crippen molar-refractivity contribution in [3.05, 3.63) is 44.7 Å². The van der Waals surface area contributed by atoms with Gasteiger partial charge in [0.1, 0.15) is 10.8 Å². The first-order valence-corrected chi connectivity index (χ1v) is 10.6. The Morgan fingerprint density at radius 2 is 2.11 bits per heavy atom. The monoisotopic (exact) mass is 451 g/mol. The smallest absolute Gasteiger partial charge is 0.341 e. The molecule has 0 bridgehead atoms. The second-order valence-corrected chi connectivity index (χ2v) is 8.50. The summed E-state index contributed by atoms with van der Waals surface area (Å²) in [5.74, 6) is 0.501. The number of anilines is 1. The van der Waals surface area contributed by atoms with E-state index < -0.39 is 0 Å². The summed E-state index contributed by atoms with van der Waals surface area (Å²) in [5.41, 5.74) is 1.54. The van der Waals surface area contributed by atoms with Crippen LogP contribution in [0.2, 0.25) is 0 Å². The van der Waals surface area contributed by atoms with Gasteiger partial charge in [0.2, 0.25) is 0 Å². The summed E-state index contributed by atoms with van der Waals surface area (Å²) < 4.78 is 11.6. The van der Waals surface area contributed by atoms with E-state index in [1.54, 1.807) is 13.0 Å². The molecule has 144 valence electrons. The summed E-state index contributed by atoms with van der Waals surface area (Å²) in [6, 6.07) is 7.35. The predicted molar refractivity (Wildman–Crippen MR) is 110 cm³/mol. The first-order valence-electron chi connectivity index (χ1n) is 8.98. The van der Waals surface area contributed by atoms with Gasteiger partial charge in [0.15, 0.2) is 6.61 Å². The molecule has 1 heterocycles. The number of carbonyl (C=O) groups is 2. The van der Waals surface area contributed by atoms with Crippen LogP contribution >= 0.6 is 27.3 Å². The number of rotatable bonds is 6. The van der Waals surface area contributed by atoms with Gasteiger partial charge in [0, 0.05) is 4.88 Å². The van der Waals surface area contributed by atoms with Crippen LogP contribution in [0.4, 0.5) is 5.00 Å². The molecule has 2 aromatic rings. The number of para-hydroxylation sites is 1. The maximum Gasteiger partial charge on any atom is 0.341 e. The molecule has 0 aliphatic heterocycles. The van der Waals surface area contributed by atoms with E-state index in [1.165, 1.54) is 16.2 Å². The van der Waals surface area contributed by atoms with Gasteiger partial charge in [-0.05, 0) is 65.7 Å². The SMILES string of the molecule is CCOC(=O)c1c(NC(=O)COc2ccccc2Br)sc2c1CC[C@H](C)C2. The first kappa shape index (κ1) is 19.9. The Morgan fingerprint density at radius 1 is 1.33 bits per heavy atom. The molecule has 1 N–H and O–H groups in total. The largest absolute Gasteiger partial charge is 0.483 e. The Kier molecular flexibility index (Phi) is 6.55. The van der Waals surface area contributed by atoms with Crippen LogP contribution in [0.1, 0.15) is 41.1 Å². The fourth-order valence-corrected chi connectivity index (χ4v) is 4.94. The lowest BCUT2D eigenvalue weighted by molar-refractivity contribution is -0.118. The minimum Gasteiger partial charge on any atom is -0.483 e. The fourth-order valence-electron chi connectivity index (χ4n) is 3.13. The molecule has 27 heavy (non-hydrogen) atoms. The van der Waals surface area contributed by atoms with Crippen molar-refractivity contribution in [2.75, 3.05) is 18.5 Å². The molecule has 0 unspecified atom stereocenters. The number of ether oxygens (including phenoxy) is 2. The van der Waals surface area contributed by atoms with Crippen LogP contribution < -0.4 is 10.1 Å². The van der Waals surface area contributed by atoms with Gasteiger partial charge in [0.05, 0.1) is 16.6 Å². The molecule has 1 amide bonds. The Bertz CT molecular complexity index is 849. The number of hydrogen-bond acceptors (Lipinski definition) is 5. The number of hydrogen-bond donors (Lipinski definition) is 1. The molecule has 5 nitrogen and oxygen atoms in total. The van der Waals surface area contributed by atoms with Crippen molar-refractivity contribution in [3.63, 3.8) is 0 Å². The zero-order valence-electron chi connectivity index (χ0n) is 15.3. The summed E-state index contributed by atoms with van der Waals surface area (Å²) in [4.78, 5) is 26.1. The molecule has 0 fully saturated rings. The van der Waals surface area contributed by atoms with Crippen LogP contribution in [0.3, 0.4) is 0 Å². The predicted octanol–water partition coefficient (Wildman–Crippen LogP) is 4.83. The Morgan fingerprint density at radius 3 is 2.85 bits per heavy atom. The van der Waals surface area contributed by atoms with E-state index in [2.05, 4.69) is 28.2 Å². The van der Waals surface area contributed by atoms with E-state index in [4.69, 9.17) is 9.47 Å². The highest BCUT2D eigenvalue weighted by atomic mass is 79.9. The third-order valence-corrected chi connectivity index (χ3v) is 6.26. The molecule has 0 spiro atoms. The molecule has 1 aliphatic rings. The first-order chi connectivity index (χ1) is 13.0. The third-order valence-electron chi connectivity index (χ3n) is 4.44. The number of fused-ring (bicyclic) bond motifs is 1. The van der Waals surface area contributed by atoms with Gasteiger partial charge < -0.3 is 14.8 Å². The van der Waals surface area contributed by atoms with Crippen LogP contribution in [0, 0.1) is 5.92 Å². The molecule has 1 aliphatic carbocycles. The maximum absolute atomic E-state index is 12.5. The van der Waals surface area contributed by atoms with Crippen LogP contribution in [0.15, 0.2) is 28.7 Å². The van der Waals surface area contributed by atoms with Crippen molar-refractivity contribution >= 4 is 44.1 Å². The van der Waals surface area contributed by atoms with E-state index in [9.17, 15) is 9.59 Å². The molecular weight excluding hydrogens is 430 g/mol. The molecule has 1 aromatic carbocycles. The average Bonchev–Trinajstić information content (AvgIpc) is 2.98. The maximum atomic E-state index is 12.5. The molecule has 0 saturated heterocycles. The van der Waals surface area contributed by atoms with E-state index in [0.29, 0.717) is 28.8 Å². The molecule has 1 aromatic heterocycles. The highest BCUT2D eigenvalue weighted by Gasteiger charge is 2.29.